The largest absolute Gasteiger partial charge is 0.348 e. The van der Waals surface area contributed by atoms with Gasteiger partial charge in [0.1, 0.15) is 5.82 Å². The number of amides is 1. The number of hydrogen-bond acceptors (Lipinski definition) is 3. The number of anilines is 1. The van der Waals surface area contributed by atoms with Crippen LogP contribution in [0.2, 0.25) is 0 Å². The van der Waals surface area contributed by atoms with Gasteiger partial charge in [-0.1, -0.05) is 25.1 Å². The molecule has 0 radical (unpaired) electrons. The molecule has 0 spiro atoms. The van der Waals surface area contributed by atoms with Crippen molar-refractivity contribution < 1.29 is 4.79 Å². The number of carbonyl (C=O) groups is 1. The average Bonchev–Trinajstić information content (AvgIpc) is 2.93. The molecule has 1 aromatic heterocycles. The highest BCUT2D eigenvalue weighted by atomic mass is 16.2. The van der Waals surface area contributed by atoms with Crippen molar-refractivity contribution in [1.29, 1.82) is 0 Å². The summed E-state index contributed by atoms with van der Waals surface area (Å²) in [6.45, 7) is 2.63. The van der Waals surface area contributed by atoms with Crippen LogP contribution in [0.5, 0.6) is 0 Å². The summed E-state index contributed by atoms with van der Waals surface area (Å²) in [6.07, 6.45) is 4.25. The summed E-state index contributed by atoms with van der Waals surface area (Å²) in [5, 5.41) is 2.94. The SMILES string of the molecule is CC[C@@H](C(=O)Nc1ccccc1)N(C)Cc1ncc[nH]1. The molecule has 0 fully saturated rings. The fourth-order valence-electron chi connectivity index (χ4n) is 2.18. The van der Waals surface area contributed by atoms with Gasteiger partial charge in [0, 0.05) is 18.1 Å². The van der Waals surface area contributed by atoms with Crippen LogP contribution in [0.3, 0.4) is 0 Å². The van der Waals surface area contributed by atoms with Gasteiger partial charge in [-0.25, -0.2) is 4.98 Å². The molecule has 106 valence electrons. The van der Waals surface area contributed by atoms with E-state index in [9.17, 15) is 4.79 Å². The van der Waals surface area contributed by atoms with E-state index in [2.05, 4.69) is 15.3 Å². The zero-order valence-corrected chi connectivity index (χ0v) is 11.8. The molecule has 0 bridgehead atoms. The third-order valence-electron chi connectivity index (χ3n) is 3.22. The summed E-state index contributed by atoms with van der Waals surface area (Å²) in [4.78, 5) is 21.6. The summed E-state index contributed by atoms with van der Waals surface area (Å²) in [5.41, 5.74) is 0.822. The molecule has 2 N–H and O–H groups in total. The van der Waals surface area contributed by atoms with Crippen LogP contribution >= 0.6 is 0 Å². The predicted molar refractivity (Wildman–Crippen MR) is 79.2 cm³/mol. The Morgan fingerprint density at radius 2 is 2.15 bits per heavy atom. The van der Waals surface area contributed by atoms with Crippen molar-refractivity contribution in [3.05, 3.63) is 48.5 Å². The number of imidazole rings is 1. The minimum Gasteiger partial charge on any atom is -0.348 e. The Bertz CT molecular complexity index is 524. The third kappa shape index (κ3) is 3.68. The second kappa shape index (κ2) is 6.86. The van der Waals surface area contributed by atoms with Gasteiger partial charge in [0.15, 0.2) is 0 Å². The number of nitrogens with one attached hydrogen (secondary N) is 2. The lowest BCUT2D eigenvalue weighted by molar-refractivity contribution is -0.121. The molecule has 0 aliphatic carbocycles. The van der Waals surface area contributed by atoms with Crippen molar-refractivity contribution in [1.82, 2.24) is 14.9 Å². The van der Waals surface area contributed by atoms with Gasteiger partial charge in [-0.2, -0.15) is 0 Å². The number of aromatic amines is 1. The molecule has 0 aliphatic heterocycles. The Balaban J connectivity index is 1.98. The van der Waals surface area contributed by atoms with Crippen LogP contribution in [-0.2, 0) is 11.3 Å². The normalized spacial score (nSPS) is 12.3. The molecule has 1 heterocycles. The van der Waals surface area contributed by atoms with Crippen LogP contribution in [-0.4, -0.2) is 33.9 Å². The first-order chi connectivity index (χ1) is 9.70. The molecule has 0 saturated carbocycles. The van der Waals surface area contributed by atoms with E-state index in [1.165, 1.54) is 0 Å². The quantitative estimate of drug-likeness (QED) is 0.848. The van der Waals surface area contributed by atoms with Gasteiger partial charge in [0.25, 0.3) is 0 Å². The second-order valence-electron chi connectivity index (χ2n) is 4.73. The van der Waals surface area contributed by atoms with Gasteiger partial charge >= 0.3 is 0 Å². The van der Waals surface area contributed by atoms with E-state index in [0.29, 0.717) is 6.54 Å². The molecule has 5 nitrogen and oxygen atoms in total. The number of carbonyl (C=O) groups excluding carboxylic acids is 1. The summed E-state index contributed by atoms with van der Waals surface area (Å²) >= 11 is 0. The van der Waals surface area contributed by atoms with Crippen LogP contribution in [0.25, 0.3) is 0 Å². The van der Waals surface area contributed by atoms with Crippen LogP contribution in [0.1, 0.15) is 19.2 Å². The van der Waals surface area contributed by atoms with E-state index in [0.717, 1.165) is 17.9 Å². The Labute approximate surface area is 119 Å². The van der Waals surface area contributed by atoms with E-state index >= 15 is 0 Å². The average molecular weight is 272 g/mol. The Kier molecular flexibility index (Phi) is 4.90. The van der Waals surface area contributed by atoms with E-state index in [1.54, 1.807) is 12.4 Å². The van der Waals surface area contributed by atoms with Crippen molar-refractivity contribution in [2.75, 3.05) is 12.4 Å². The van der Waals surface area contributed by atoms with Crippen molar-refractivity contribution in [2.45, 2.75) is 25.9 Å². The minimum atomic E-state index is -0.180. The predicted octanol–water partition coefficient (Wildman–Crippen LogP) is 2.26. The lowest BCUT2D eigenvalue weighted by Crippen LogP contribution is -2.41. The number of para-hydroxylation sites is 1. The third-order valence-corrected chi connectivity index (χ3v) is 3.22. The summed E-state index contributed by atoms with van der Waals surface area (Å²) in [5.74, 6) is 0.867. The lowest BCUT2D eigenvalue weighted by Gasteiger charge is -2.25. The second-order valence-corrected chi connectivity index (χ2v) is 4.73. The van der Waals surface area contributed by atoms with Crippen LogP contribution in [0.4, 0.5) is 5.69 Å². The van der Waals surface area contributed by atoms with Gasteiger partial charge in [-0.3, -0.25) is 9.69 Å². The first-order valence-corrected chi connectivity index (χ1v) is 6.75. The monoisotopic (exact) mass is 272 g/mol. The summed E-state index contributed by atoms with van der Waals surface area (Å²) < 4.78 is 0. The Morgan fingerprint density at radius 1 is 1.40 bits per heavy atom. The maximum atomic E-state index is 12.3. The molecule has 0 saturated heterocycles. The minimum absolute atomic E-state index is 0.00718. The van der Waals surface area contributed by atoms with E-state index in [-0.39, 0.29) is 11.9 Å². The number of likely N-dealkylation sites (N-methyl/N-ethyl adjacent to an activating group) is 1. The van der Waals surface area contributed by atoms with Crippen LogP contribution in [0.15, 0.2) is 42.7 Å². The van der Waals surface area contributed by atoms with Crippen molar-refractivity contribution in [3.8, 4) is 0 Å². The number of benzene rings is 1. The van der Waals surface area contributed by atoms with Crippen molar-refractivity contribution >= 4 is 11.6 Å². The summed E-state index contributed by atoms with van der Waals surface area (Å²) in [6, 6.07) is 9.33. The van der Waals surface area contributed by atoms with Gasteiger partial charge in [0.05, 0.1) is 12.6 Å². The molecule has 1 amide bonds. The summed E-state index contributed by atoms with van der Waals surface area (Å²) in [7, 11) is 1.93. The number of rotatable bonds is 6. The highest BCUT2D eigenvalue weighted by molar-refractivity contribution is 5.94. The van der Waals surface area contributed by atoms with Crippen LogP contribution in [0, 0.1) is 0 Å². The standard InChI is InChI=1S/C15H20N4O/c1-3-13(19(2)11-14-16-9-10-17-14)15(20)18-12-7-5-4-6-8-12/h4-10,13H,3,11H2,1-2H3,(H,16,17)(H,18,20)/t13-/m0/s1. The van der Waals surface area contributed by atoms with Gasteiger partial charge in [0.2, 0.25) is 5.91 Å². The molecule has 0 aliphatic rings. The van der Waals surface area contributed by atoms with Gasteiger partial charge in [-0.15, -0.1) is 0 Å². The number of nitrogens with zero attached hydrogens (tertiary/aromatic N) is 2. The fraction of sp³-hybridized carbons (Fsp3) is 0.333. The smallest absolute Gasteiger partial charge is 0.241 e. The molecule has 1 atom stereocenters. The maximum absolute atomic E-state index is 12.3. The molecule has 0 unspecified atom stereocenters. The van der Waals surface area contributed by atoms with E-state index < -0.39 is 0 Å². The lowest BCUT2D eigenvalue weighted by atomic mass is 10.1. The van der Waals surface area contributed by atoms with Gasteiger partial charge < -0.3 is 10.3 Å². The zero-order valence-electron chi connectivity index (χ0n) is 11.8. The highest BCUT2D eigenvalue weighted by Gasteiger charge is 2.21. The molecular formula is C15H20N4O. The topological polar surface area (TPSA) is 61.0 Å². The number of aromatic nitrogens is 2. The first-order valence-electron chi connectivity index (χ1n) is 6.75. The molecule has 20 heavy (non-hydrogen) atoms. The molecule has 1 aromatic carbocycles. The first kappa shape index (κ1) is 14.3. The molecule has 5 heteroatoms. The molecule has 2 rings (SSSR count). The van der Waals surface area contributed by atoms with E-state index in [1.807, 2.05) is 49.2 Å². The van der Waals surface area contributed by atoms with Gasteiger partial charge in [-0.05, 0) is 25.6 Å². The Morgan fingerprint density at radius 3 is 2.75 bits per heavy atom. The van der Waals surface area contributed by atoms with Crippen LogP contribution < -0.4 is 5.32 Å². The van der Waals surface area contributed by atoms with Crippen molar-refractivity contribution in [2.24, 2.45) is 0 Å². The zero-order chi connectivity index (χ0) is 14.4. The highest BCUT2D eigenvalue weighted by Crippen LogP contribution is 2.11. The maximum Gasteiger partial charge on any atom is 0.241 e. The number of hydrogen-bond donors (Lipinski definition) is 2. The number of H-pyrrole nitrogens is 1. The fourth-order valence-corrected chi connectivity index (χ4v) is 2.18. The van der Waals surface area contributed by atoms with Crippen molar-refractivity contribution in [3.63, 3.8) is 0 Å². The van der Waals surface area contributed by atoms with E-state index in [4.69, 9.17) is 0 Å². The molecular weight excluding hydrogens is 252 g/mol. The Hall–Kier alpha value is -2.14. The molecule has 2 aromatic rings.